The third-order valence-electron chi connectivity index (χ3n) is 3.42. The second-order valence-corrected chi connectivity index (χ2v) is 4.95. The minimum absolute atomic E-state index is 0.360. The molecule has 19 heavy (non-hydrogen) atoms. The molecule has 0 radical (unpaired) electrons. The first-order chi connectivity index (χ1) is 9.27. The summed E-state index contributed by atoms with van der Waals surface area (Å²) in [5.41, 5.74) is 0. The largest absolute Gasteiger partial charge is 0.389 e. The smallest absolute Gasteiger partial charge is 0.0897 e. The third-order valence-corrected chi connectivity index (χ3v) is 3.42. The molecule has 0 aromatic rings. The van der Waals surface area contributed by atoms with Gasteiger partial charge in [-0.05, 0) is 25.7 Å². The highest BCUT2D eigenvalue weighted by Crippen LogP contribution is 2.22. The lowest BCUT2D eigenvalue weighted by atomic mass is 10.00. The molecule has 1 saturated heterocycles. The van der Waals surface area contributed by atoms with E-state index >= 15 is 0 Å². The molecule has 0 aromatic heterocycles. The molecule has 0 aliphatic carbocycles. The summed E-state index contributed by atoms with van der Waals surface area (Å²) in [6.45, 7) is 8.66. The Balaban J connectivity index is 1.96. The van der Waals surface area contributed by atoms with Crippen LogP contribution in [0.25, 0.3) is 0 Å². The highest BCUT2D eigenvalue weighted by Gasteiger charge is 2.26. The number of ether oxygens (including phenoxy) is 3. The van der Waals surface area contributed by atoms with Gasteiger partial charge in [0.15, 0.2) is 0 Å². The van der Waals surface area contributed by atoms with Gasteiger partial charge in [-0.3, -0.25) is 0 Å². The average molecular weight is 275 g/mol. The number of aliphatic hydroxyl groups is 1. The molecule has 5 nitrogen and oxygen atoms in total. The van der Waals surface area contributed by atoms with E-state index in [-0.39, 0.29) is 0 Å². The molecule has 1 fully saturated rings. The van der Waals surface area contributed by atoms with E-state index in [9.17, 15) is 5.11 Å². The van der Waals surface area contributed by atoms with E-state index in [1.54, 1.807) is 0 Å². The molecule has 1 aliphatic rings. The molecule has 0 spiro atoms. The topological polar surface area (TPSA) is 60.0 Å². The molecule has 114 valence electrons. The Hall–Kier alpha value is -0.200. The van der Waals surface area contributed by atoms with E-state index in [0.29, 0.717) is 45.0 Å². The van der Waals surface area contributed by atoms with Gasteiger partial charge in [0.25, 0.3) is 0 Å². The van der Waals surface area contributed by atoms with E-state index < -0.39 is 6.10 Å². The molecule has 1 rings (SSSR count). The summed E-state index contributed by atoms with van der Waals surface area (Å²) in [4.78, 5) is 0. The third kappa shape index (κ3) is 7.22. The Morgan fingerprint density at radius 3 is 2.84 bits per heavy atom. The van der Waals surface area contributed by atoms with Crippen molar-refractivity contribution in [2.24, 2.45) is 5.92 Å². The van der Waals surface area contributed by atoms with Crippen LogP contribution in [0.3, 0.4) is 0 Å². The van der Waals surface area contributed by atoms with Gasteiger partial charge in [0.05, 0.1) is 32.0 Å². The van der Waals surface area contributed by atoms with Crippen molar-refractivity contribution in [3.05, 3.63) is 0 Å². The van der Waals surface area contributed by atoms with Crippen molar-refractivity contribution in [3.8, 4) is 0 Å². The van der Waals surface area contributed by atoms with Crippen molar-refractivity contribution in [2.75, 3.05) is 46.1 Å². The van der Waals surface area contributed by atoms with Crippen molar-refractivity contribution in [3.63, 3.8) is 0 Å². The molecule has 1 aliphatic heterocycles. The molecule has 2 N–H and O–H groups in total. The van der Waals surface area contributed by atoms with Crippen molar-refractivity contribution < 1.29 is 19.3 Å². The van der Waals surface area contributed by atoms with Gasteiger partial charge in [0, 0.05) is 26.3 Å². The molecule has 1 heterocycles. The van der Waals surface area contributed by atoms with Crippen LogP contribution in [0.5, 0.6) is 0 Å². The number of hydrogen-bond donors (Lipinski definition) is 2. The van der Waals surface area contributed by atoms with Crippen molar-refractivity contribution in [1.82, 2.24) is 5.32 Å². The van der Waals surface area contributed by atoms with Gasteiger partial charge in [0.2, 0.25) is 0 Å². The highest BCUT2D eigenvalue weighted by molar-refractivity contribution is 4.77. The summed E-state index contributed by atoms with van der Waals surface area (Å²) in [7, 11) is 0. The van der Waals surface area contributed by atoms with Crippen LogP contribution in [-0.2, 0) is 14.2 Å². The van der Waals surface area contributed by atoms with Crippen LogP contribution in [0.4, 0.5) is 0 Å². The molecular formula is C14H29NO4. The van der Waals surface area contributed by atoms with Crippen molar-refractivity contribution in [1.29, 1.82) is 0 Å². The number of rotatable bonds is 11. The standard InChI is InChI=1S/C14H29NO4/c1-3-14-12(5-6-19-14)9-15-10-13(16)11-18-8-7-17-4-2/h12-16H,3-11H2,1-2H3. The Labute approximate surface area is 116 Å². The number of hydrogen-bond acceptors (Lipinski definition) is 5. The molecule has 0 saturated carbocycles. The second kappa shape index (κ2) is 10.6. The second-order valence-electron chi connectivity index (χ2n) is 4.95. The maximum absolute atomic E-state index is 9.74. The predicted octanol–water partition coefficient (Wildman–Crippen LogP) is 0.805. The SMILES string of the molecule is CCOCCOCC(O)CNCC1CCOC1CC. The first-order valence-corrected chi connectivity index (χ1v) is 7.43. The lowest BCUT2D eigenvalue weighted by molar-refractivity contribution is 0.00592. The first kappa shape index (κ1) is 16.9. The lowest BCUT2D eigenvalue weighted by Crippen LogP contribution is -2.35. The summed E-state index contributed by atoms with van der Waals surface area (Å²) in [6.07, 6.45) is 2.11. The fraction of sp³-hybridized carbons (Fsp3) is 1.00. The Bertz CT molecular complexity index is 216. The molecule has 0 amide bonds. The minimum Gasteiger partial charge on any atom is -0.389 e. The van der Waals surface area contributed by atoms with E-state index in [1.165, 1.54) is 0 Å². The Morgan fingerprint density at radius 1 is 1.32 bits per heavy atom. The van der Waals surface area contributed by atoms with Crippen LogP contribution < -0.4 is 5.32 Å². The number of aliphatic hydroxyl groups excluding tert-OH is 1. The quantitative estimate of drug-likeness (QED) is 0.546. The van der Waals surface area contributed by atoms with Gasteiger partial charge in [0.1, 0.15) is 0 Å². The van der Waals surface area contributed by atoms with Crippen LogP contribution in [-0.4, -0.2) is 63.4 Å². The van der Waals surface area contributed by atoms with Gasteiger partial charge < -0.3 is 24.6 Å². The Kier molecular flexibility index (Phi) is 9.38. The van der Waals surface area contributed by atoms with Gasteiger partial charge in [-0.25, -0.2) is 0 Å². The molecule has 5 heteroatoms. The summed E-state index contributed by atoms with van der Waals surface area (Å²) in [5, 5.41) is 13.0. The van der Waals surface area contributed by atoms with Crippen molar-refractivity contribution >= 4 is 0 Å². The van der Waals surface area contributed by atoms with Crippen LogP contribution in [0.15, 0.2) is 0 Å². The van der Waals surface area contributed by atoms with Crippen LogP contribution in [0.1, 0.15) is 26.7 Å². The average Bonchev–Trinajstić information content (AvgIpc) is 2.86. The molecule has 3 unspecified atom stereocenters. The van der Waals surface area contributed by atoms with Crippen molar-refractivity contribution in [2.45, 2.75) is 38.9 Å². The van der Waals surface area contributed by atoms with Gasteiger partial charge in [-0.1, -0.05) is 6.92 Å². The summed E-state index contributed by atoms with van der Waals surface area (Å²) >= 11 is 0. The van der Waals surface area contributed by atoms with Crippen LogP contribution in [0, 0.1) is 5.92 Å². The first-order valence-electron chi connectivity index (χ1n) is 7.43. The van der Waals surface area contributed by atoms with Gasteiger partial charge in [-0.2, -0.15) is 0 Å². The maximum Gasteiger partial charge on any atom is 0.0897 e. The monoisotopic (exact) mass is 275 g/mol. The molecule has 3 atom stereocenters. The summed E-state index contributed by atoms with van der Waals surface area (Å²) in [5.74, 6) is 0.580. The zero-order valence-corrected chi connectivity index (χ0v) is 12.3. The minimum atomic E-state index is -0.455. The number of nitrogens with one attached hydrogen (secondary N) is 1. The van der Waals surface area contributed by atoms with Crippen LogP contribution in [0.2, 0.25) is 0 Å². The molecule has 0 bridgehead atoms. The van der Waals surface area contributed by atoms with E-state index in [4.69, 9.17) is 14.2 Å². The zero-order valence-electron chi connectivity index (χ0n) is 12.3. The summed E-state index contributed by atoms with van der Waals surface area (Å²) in [6, 6.07) is 0. The fourth-order valence-corrected chi connectivity index (χ4v) is 2.35. The maximum atomic E-state index is 9.74. The highest BCUT2D eigenvalue weighted by atomic mass is 16.5. The Morgan fingerprint density at radius 2 is 2.11 bits per heavy atom. The van der Waals surface area contributed by atoms with Gasteiger partial charge >= 0.3 is 0 Å². The van der Waals surface area contributed by atoms with E-state index in [1.807, 2.05) is 6.92 Å². The summed E-state index contributed by atoms with van der Waals surface area (Å²) < 4.78 is 16.1. The zero-order chi connectivity index (χ0) is 13.9. The lowest BCUT2D eigenvalue weighted by Gasteiger charge is -2.18. The van der Waals surface area contributed by atoms with Crippen LogP contribution >= 0.6 is 0 Å². The predicted molar refractivity (Wildman–Crippen MR) is 74.3 cm³/mol. The van der Waals surface area contributed by atoms with E-state index in [0.717, 1.165) is 26.0 Å². The normalized spacial score (nSPS) is 24.8. The molecular weight excluding hydrogens is 246 g/mol. The van der Waals surface area contributed by atoms with Gasteiger partial charge in [-0.15, -0.1) is 0 Å². The van der Waals surface area contributed by atoms with E-state index in [2.05, 4.69) is 12.2 Å². The fourth-order valence-electron chi connectivity index (χ4n) is 2.35. The molecule has 0 aromatic carbocycles.